The third kappa shape index (κ3) is 2.21. The fourth-order valence-electron chi connectivity index (χ4n) is 8.32. The summed E-state index contributed by atoms with van der Waals surface area (Å²) in [5.74, 6) is 2.94. The summed E-state index contributed by atoms with van der Waals surface area (Å²) in [5, 5.41) is 20.4. The van der Waals surface area contributed by atoms with Gasteiger partial charge in [0.05, 0.1) is 18.1 Å². The lowest BCUT2D eigenvalue weighted by Crippen LogP contribution is -2.57. The molecule has 4 rings (SSSR count). The highest BCUT2D eigenvalue weighted by Crippen LogP contribution is 2.70. The van der Waals surface area contributed by atoms with Gasteiger partial charge in [-0.3, -0.25) is 4.79 Å². The maximum absolute atomic E-state index is 12.6. The molecule has 25 heavy (non-hydrogen) atoms. The molecule has 4 saturated carbocycles. The second-order valence-corrected chi connectivity index (χ2v) is 10.4. The average molecular weight is 349 g/mol. The highest BCUT2D eigenvalue weighted by atomic mass is 16.3. The van der Waals surface area contributed by atoms with Crippen molar-refractivity contribution < 1.29 is 15.0 Å². The lowest BCUT2D eigenvalue weighted by atomic mass is 9.43. The largest absolute Gasteiger partial charge is 0.395 e. The van der Waals surface area contributed by atoms with Gasteiger partial charge in [0.15, 0.2) is 0 Å². The van der Waals surface area contributed by atoms with Crippen LogP contribution < -0.4 is 0 Å². The van der Waals surface area contributed by atoms with Crippen LogP contribution in [-0.2, 0) is 4.79 Å². The van der Waals surface area contributed by atoms with Crippen LogP contribution in [0.5, 0.6) is 0 Å². The van der Waals surface area contributed by atoms with Crippen molar-refractivity contribution in [3.63, 3.8) is 0 Å². The summed E-state index contributed by atoms with van der Waals surface area (Å²) in [5.41, 5.74) is -0.139. The van der Waals surface area contributed by atoms with E-state index in [-0.39, 0.29) is 23.9 Å². The molecule has 4 aliphatic rings. The van der Waals surface area contributed by atoms with Crippen LogP contribution in [0.4, 0.5) is 0 Å². The number of rotatable bonds is 2. The van der Waals surface area contributed by atoms with Gasteiger partial charge < -0.3 is 10.2 Å². The fraction of sp³-hybridized carbons (Fsp3) is 0.955. The molecular formula is C22H36O3. The van der Waals surface area contributed by atoms with Gasteiger partial charge in [-0.15, -0.1) is 0 Å². The zero-order chi connectivity index (χ0) is 18.0. The van der Waals surface area contributed by atoms with Crippen molar-refractivity contribution in [1.29, 1.82) is 0 Å². The first-order chi connectivity index (χ1) is 11.8. The summed E-state index contributed by atoms with van der Waals surface area (Å²) >= 11 is 0. The van der Waals surface area contributed by atoms with Gasteiger partial charge in [-0.05, 0) is 99.2 Å². The first-order valence-corrected chi connectivity index (χ1v) is 10.6. The molecule has 0 saturated heterocycles. The predicted octanol–water partition coefficient (Wildman–Crippen LogP) is 3.96. The number of aliphatic hydroxyl groups is 2. The van der Waals surface area contributed by atoms with E-state index in [4.69, 9.17) is 0 Å². The molecule has 0 bridgehead atoms. The number of carbonyl (C=O) groups is 1. The summed E-state index contributed by atoms with van der Waals surface area (Å²) in [4.78, 5) is 12.6. The number of hydrogen-bond donors (Lipinski definition) is 2. The molecule has 142 valence electrons. The van der Waals surface area contributed by atoms with Gasteiger partial charge >= 0.3 is 0 Å². The van der Waals surface area contributed by atoms with E-state index in [1.165, 1.54) is 25.7 Å². The van der Waals surface area contributed by atoms with Gasteiger partial charge in [-0.2, -0.15) is 0 Å². The van der Waals surface area contributed by atoms with Crippen molar-refractivity contribution in [3.05, 3.63) is 0 Å². The molecule has 2 unspecified atom stereocenters. The fourth-order valence-corrected chi connectivity index (χ4v) is 8.32. The highest BCUT2D eigenvalue weighted by Gasteiger charge is 2.66. The molecule has 0 amide bonds. The van der Waals surface area contributed by atoms with E-state index in [9.17, 15) is 15.0 Å². The van der Waals surface area contributed by atoms with Crippen molar-refractivity contribution in [2.24, 2.45) is 39.9 Å². The Morgan fingerprint density at radius 1 is 1.00 bits per heavy atom. The van der Waals surface area contributed by atoms with Crippen LogP contribution in [0.2, 0.25) is 0 Å². The number of Topliss-reactive ketones (excluding diaryl/α,β-unsaturated/α-hetero) is 1. The lowest BCUT2D eigenvalue weighted by molar-refractivity contribution is -0.157. The molecule has 8 atom stereocenters. The van der Waals surface area contributed by atoms with Crippen LogP contribution >= 0.6 is 0 Å². The Bertz CT molecular complexity index is 559. The first kappa shape index (κ1) is 18.0. The van der Waals surface area contributed by atoms with Gasteiger partial charge in [0.1, 0.15) is 5.78 Å². The van der Waals surface area contributed by atoms with E-state index in [2.05, 4.69) is 13.8 Å². The minimum absolute atomic E-state index is 0.0217. The molecule has 0 aromatic carbocycles. The zero-order valence-corrected chi connectivity index (χ0v) is 16.3. The van der Waals surface area contributed by atoms with Crippen molar-refractivity contribution >= 4 is 5.78 Å². The van der Waals surface area contributed by atoms with E-state index in [0.29, 0.717) is 23.2 Å². The summed E-state index contributed by atoms with van der Waals surface area (Å²) in [7, 11) is 0. The van der Waals surface area contributed by atoms with E-state index in [1.807, 2.05) is 0 Å². The standard InChI is InChI=1S/C22H36O3/c1-14(24)22(13-23)11-8-19-17-5-4-15-12-16(25)6-9-20(15,2)18(17)7-10-21(19,22)3/h15-19,23,25H,4-13H2,1-3H3/t15?,16?,17-,18+,19+,20+,21+,22+/m1/s1. The van der Waals surface area contributed by atoms with Gasteiger partial charge in [0.2, 0.25) is 0 Å². The second kappa shape index (κ2) is 5.79. The van der Waals surface area contributed by atoms with Gasteiger partial charge in [0.25, 0.3) is 0 Å². The normalized spacial score (nSPS) is 55.2. The van der Waals surface area contributed by atoms with Crippen LogP contribution in [-0.4, -0.2) is 28.7 Å². The molecule has 0 aromatic rings. The Hall–Kier alpha value is -0.410. The van der Waals surface area contributed by atoms with Crippen LogP contribution in [0, 0.1) is 39.9 Å². The third-order valence-electron chi connectivity index (χ3n) is 9.95. The highest BCUT2D eigenvalue weighted by molar-refractivity contribution is 5.84. The monoisotopic (exact) mass is 348 g/mol. The molecule has 0 heterocycles. The quantitative estimate of drug-likeness (QED) is 0.794. The number of hydrogen-bond acceptors (Lipinski definition) is 3. The van der Waals surface area contributed by atoms with Crippen LogP contribution in [0.3, 0.4) is 0 Å². The Morgan fingerprint density at radius 3 is 2.40 bits per heavy atom. The Labute approximate surface area is 152 Å². The number of carbonyl (C=O) groups excluding carboxylic acids is 1. The maximum atomic E-state index is 12.6. The molecular weight excluding hydrogens is 312 g/mol. The van der Waals surface area contributed by atoms with Crippen molar-refractivity contribution in [1.82, 2.24) is 0 Å². The summed E-state index contributed by atoms with van der Waals surface area (Å²) in [6, 6.07) is 0. The Balaban J connectivity index is 1.65. The van der Waals surface area contributed by atoms with E-state index in [1.54, 1.807) is 6.92 Å². The SMILES string of the molecule is CC(=O)[C@@]1(CO)CC[C@H]2[C@@H]3CCC4CC(O)CC[C@]4(C)[C@H]3CC[C@@]21C. The van der Waals surface area contributed by atoms with E-state index >= 15 is 0 Å². The first-order valence-electron chi connectivity index (χ1n) is 10.6. The minimum atomic E-state index is -0.497. The topological polar surface area (TPSA) is 57.5 Å². The van der Waals surface area contributed by atoms with E-state index in [0.717, 1.165) is 38.0 Å². The minimum Gasteiger partial charge on any atom is -0.395 e. The summed E-state index contributed by atoms with van der Waals surface area (Å²) in [6.45, 7) is 6.55. The smallest absolute Gasteiger partial charge is 0.138 e. The molecule has 2 N–H and O–H groups in total. The molecule has 4 aliphatic carbocycles. The third-order valence-corrected chi connectivity index (χ3v) is 9.95. The molecule has 3 heteroatoms. The predicted molar refractivity (Wildman–Crippen MR) is 97.9 cm³/mol. The lowest BCUT2D eigenvalue weighted by Gasteiger charge is -2.62. The summed E-state index contributed by atoms with van der Waals surface area (Å²) < 4.78 is 0. The number of fused-ring (bicyclic) bond motifs is 5. The van der Waals surface area contributed by atoms with Crippen LogP contribution in [0.1, 0.15) is 78.6 Å². The van der Waals surface area contributed by atoms with Crippen molar-refractivity contribution in [2.45, 2.75) is 84.7 Å². The van der Waals surface area contributed by atoms with Crippen LogP contribution in [0.25, 0.3) is 0 Å². The van der Waals surface area contributed by atoms with Gasteiger partial charge in [-0.1, -0.05) is 13.8 Å². The zero-order valence-electron chi connectivity index (χ0n) is 16.3. The maximum Gasteiger partial charge on any atom is 0.138 e. The average Bonchev–Trinajstić information content (AvgIpc) is 2.89. The van der Waals surface area contributed by atoms with Gasteiger partial charge in [-0.25, -0.2) is 0 Å². The molecule has 0 aromatic heterocycles. The van der Waals surface area contributed by atoms with Crippen LogP contribution in [0.15, 0.2) is 0 Å². The second-order valence-electron chi connectivity index (χ2n) is 10.4. The number of aliphatic hydroxyl groups excluding tert-OH is 2. The molecule has 3 nitrogen and oxygen atoms in total. The number of ketones is 1. The Kier molecular flexibility index (Phi) is 4.16. The molecule has 0 spiro atoms. The van der Waals surface area contributed by atoms with Crippen molar-refractivity contribution in [2.75, 3.05) is 6.61 Å². The summed E-state index contributed by atoms with van der Waals surface area (Å²) in [6.07, 6.45) is 9.83. The molecule has 4 fully saturated rings. The molecule has 0 aliphatic heterocycles. The van der Waals surface area contributed by atoms with Crippen molar-refractivity contribution in [3.8, 4) is 0 Å². The van der Waals surface area contributed by atoms with Gasteiger partial charge in [0, 0.05) is 0 Å². The van der Waals surface area contributed by atoms with E-state index < -0.39 is 5.41 Å². The Morgan fingerprint density at radius 2 is 1.72 bits per heavy atom. The molecule has 0 radical (unpaired) electrons.